The summed E-state index contributed by atoms with van der Waals surface area (Å²) in [6.45, 7) is 13.9. The Hall–Kier alpha value is -3.66. The second-order valence-electron chi connectivity index (χ2n) is 11.7. The van der Waals surface area contributed by atoms with Crippen LogP contribution < -0.4 is 15.4 Å². The summed E-state index contributed by atoms with van der Waals surface area (Å²) in [4.78, 5) is 49.9. The van der Waals surface area contributed by atoms with E-state index in [-0.39, 0.29) is 42.2 Å². The van der Waals surface area contributed by atoms with Gasteiger partial charge in [-0.15, -0.1) is 24.8 Å². The van der Waals surface area contributed by atoms with Crippen LogP contribution in [0.2, 0.25) is 0 Å². The maximum absolute atomic E-state index is 13.3. The molecular formula is C33H41Cl2N5O4. The summed E-state index contributed by atoms with van der Waals surface area (Å²) in [7, 11) is 1.73. The van der Waals surface area contributed by atoms with Crippen LogP contribution in [0.15, 0.2) is 58.1 Å². The quantitative estimate of drug-likeness (QED) is 0.225. The van der Waals surface area contributed by atoms with Crippen LogP contribution in [0.4, 0.5) is 11.4 Å². The van der Waals surface area contributed by atoms with E-state index in [1.165, 1.54) is 0 Å². The van der Waals surface area contributed by atoms with Crippen LogP contribution in [0.3, 0.4) is 0 Å². The number of halogens is 2. The van der Waals surface area contributed by atoms with E-state index in [4.69, 9.17) is 4.42 Å². The predicted octanol–water partition coefficient (Wildman–Crippen LogP) is 5.82. The second-order valence-corrected chi connectivity index (χ2v) is 11.7. The summed E-state index contributed by atoms with van der Waals surface area (Å²) in [5, 5.41) is 0.626. The number of carbonyl (C=O) groups excluding carboxylic acids is 2. The largest absolute Gasteiger partial charge is 0.461 e. The van der Waals surface area contributed by atoms with E-state index in [0.29, 0.717) is 49.4 Å². The number of furan rings is 1. The molecule has 0 radical (unpaired) electrons. The molecule has 0 spiro atoms. The lowest BCUT2D eigenvalue weighted by Crippen LogP contribution is -2.47. The summed E-state index contributed by atoms with van der Waals surface area (Å²) in [6.07, 6.45) is 5.46. The standard InChI is InChI=1S/C33H39N5O4.2ClH/c1-8-38-26-10-9-24(17-27(26)35(7)31(40)33(5,6)32(38)41)19-36(20-25-18-34-13-11-21(25)2)15-16-37-14-12-28-29(30(37)39)22(3)23(4)42-28;;/h9-14,17-18H,8,15-16,19-20H2,1-7H3;2*1H. The van der Waals surface area contributed by atoms with Crippen molar-refractivity contribution in [3.63, 3.8) is 0 Å². The van der Waals surface area contributed by atoms with Crippen LogP contribution in [-0.2, 0) is 29.2 Å². The first-order valence-electron chi connectivity index (χ1n) is 14.4. The molecule has 0 aliphatic carbocycles. The molecular weight excluding hydrogens is 601 g/mol. The highest BCUT2D eigenvalue weighted by Gasteiger charge is 2.45. The molecule has 3 aromatic heterocycles. The number of hydrogen-bond acceptors (Lipinski definition) is 6. The first-order valence-corrected chi connectivity index (χ1v) is 14.4. The summed E-state index contributed by atoms with van der Waals surface area (Å²) in [6, 6.07) is 9.81. The molecule has 0 bridgehead atoms. The molecule has 0 atom stereocenters. The van der Waals surface area contributed by atoms with Crippen LogP contribution in [0.1, 0.15) is 48.8 Å². The minimum absolute atomic E-state index is 0. The Kier molecular flexibility index (Phi) is 10.7. The van der Waals surface area contributed by atoms with Crippen molar-refractivity contribution in [1.82, 2.24) is 14.5 Å². The van der Waals surface area contributed by atoms with E-state index in [2.05, 4.69) is 16.8 Å². The number of amides is 2. The van der Waals surface area contributed by atoms with Gasteiger partial charge in [-0.25, -0.2) is 0 Å². The van der Waals surface area contributed by atoms with Gasteiger partial charge in [-0.2, -0.15) is 0 Å². The lowest BCUT2D eigenvalue weighted by atomic mass is 9.90. The lowest BCUT2D eigenvalue weighted by Gasteiger charge is -2.27. The summed E-state index contributed by atoms with van der Waals surface area (Å²) >= 11 is 0. The molecule has 0 saturated carbocycles. The molecule has 44 heavy (non-hydrogen) atoms. The predicted molar refractivity (Wildman–Crippen MR) is 179 cm³/mol. The Morgan fingerprint density at radius 1 is 0.955 bits per heavy atom. The highest BCUT2D eigenvalue weighted by Crippen LogP contribution is 2.39. The molecule has 4 heterocycles. The van der Waals surface area contributed by atoms with Gasteiger partial charge < -0.3 is 18.8 Å². The van der Waals surface area contributed by atoms with Crippen molar-refractivity contribution in [3.8, 4) is 0 Å². The maximum atomic E-state index is 13.3. The molecule has 11 heteroatoms. The van der Waals surface area contributed by atoms with Crippen molar-refractivity contribution < 1.29 is 14.0 Å². The highest BCUT2D eigenvalue weighted by molar-refractivity contribution is 6.19. The Bertz CT molecular complexity index is 1750. The third kappa shape index (κ3) is 6.27. The van der Waals surface area contributed by atoms with E-state index >= 15 is 0 Å². The average molecular weight is 643 g/mol. The SMILES string of the molecule is CCN1C(=O)C(C)(C)C(=O)N(C)c2cc(CN(CCn3ccc4oc(C)c(C)c4c3=O)Cc3cnccc3C)ccc21.Cl.Cl. The molecule has 0 fully saturated rings. The number of carbonyl (C=O) groups is 2. The number of pyridine rings is 2. The van der Waals surface area contributed by atoms with Gasteiger partial charge in [-0.05, 0) is 82.5 Å². The minimum Gasteiger partial charge on any atom is -0.461 e. The highest BCUT2D eigenvalue weighted by atomic mass is 35.5. The maximum Gasteiger partial charge on any atom is 0.262 e. The van der Waals surface area contributed by atoms with Gasteiger partial charge in [0, 0.05) is 63.9 Å². The number of fused-ring (bicyclic) bond motifs is 2. The fourth-order valence-electron chi connectivity index (χ4n) is 5.75. The fourth-order valence-corrected chi connectivity index (χ4v) is 5.75. The van der Waals surface area contributed by atoms with Gasteiger partial charge in [0.05, 0.1) is 16.8 Å². The van der Waals surface area contributed by atoms with Gasteiger partial charge in [0.15, 0.2) is 0 Å². The molecule has 4 aromatic rings. The monoisotopic (exact) mass is 641 g/mol. The first-order chi connectivity index (χ1) is 19.9. The van der Waals surface area contributed by atoms with Crippen LogP contribution in [0.5, 0.6) is 0 Å². The van der Waals surface area contributed by atoms with Crippen LogP contribution in [0.25, 0.3) is 11.0 Å². The molecule has 236 valence electrons. The van der Waals surface area contributed by atoms with Gasteiger partial charge in [0.1, 0.15) is 16.8 Å². The Morgan fingerprint density at radius 3 is 2.36 bits per heavy atom. The van der Waals surface area contributed by atoms with Crippen molar-refractivity contribution in [2.45, 2.75) is 61.2 Å². The van der Waals surface area contributed by atoms with Crippen molar-refractivity contribution in [2.75, 3.05) is 29.9 Å². The first kappa shape index (κ1) is 34.8. The number of aromatic nitrogens is 2. The average Bonchev–Trinajstić information content (AvgIpc) is 3.24. The van der Waals surface area contributed by atoms with Gasteiger partial charge in [0.25, 0.3) is 5.56 Å². The summed E-state index contributed by atoms with van der Waals surface area (Å²) in [5.74, 6) is 0.323. The Morgan fingerprint density at radius 2 is 1.68 bits per heavy atom. The Balaban J connectivity index is 0.00000264. The van der Waals surface area contributed by atoms with E-state index in [1.54, 1.807) is 47.7 Å². The fraction of sp³-hybridized carbons (Fsp3) is 0.394. The number of nitrogens with zero attached hydrogens (tertiary/aromatic N) is 5. The number of benzene rings is 1. The van der Waals surface area contributed by atoms with Gasteiger partial charge in [-0.1, -0.05) is 6.07 Å². The van der Waals surface area contributed by atoms with Crippen molar-refractivity contribution in [2.24, 2.45) is 5.41 Å². The minimum atomic E-state index is -1.16. The third-order valence-corrected chi connectivity index (χ3v) is 8.53. The molecule has 1 aliphatic heterocycles. The lowest BCUT2D eigenvalue weighted by molar-refractivity contribution is -0.137. The number of rotatable bonds is 8. The molecule has 0 unspecified atom stereocenters. The van der Waals surface area contributed by atoms with E-state index in [1.807, 2.05) is 57.3 Å². The third-order valence-electron chi connectivity index (χ3n) is 8.53. The Labute approximate surface area is 270 Å². The molecule has 0 N–H and O–H groups in total. The molecule has 1 aliphatic rings. The van der Waals surface area contributed by atoms with E-state index in [0.717, 1.165) is 33.7 Å². The van der Waals surface area contributed by atoms with Crippen LogP contribution >= 0.6 is 24.8 Å². The van der Waals surface area contributed by atoms with Crippen molar-refractivity contribution >= 4 is 59.0 Å². The van der Waals surface area contributed by atoms with Crippen LogP contribution in [-0.4, -0.2) is 46.4 Å². The molecule has 1 aromatic carbocycles. The summed E-state index contributed by atoms with van der Waals surface area (Å²) in [5.41, 5.74) is 4.96. The van der Waals surface area contributed by atoms with Crippen molar-refractivity contribution in [1.29, 1.82) is 0 Å². The topological polar surface area (TPSA) is 91.9 Å². The number of hydrogen-bond donors (Lipinski definition) is 0. The second kappa shape index (κ2) is 13.5. The smallest absolute Gasteiger partial charge is 0.262 e. The zero-order chi connectivity index (χ0) is 30.3. The number of anilines is 2. The van der Waals surface area contributed by atoms with Crippen molar-refractivity contribution in [3.05, 3.63) is 87.3 Å². The van der Waals surface area contributed by atoms with E-state index in [9.17, 15) is 14.4 Å². The van der Waals surface area contributed by atoms with Gasteiger partial charge in [-0.3, -0.25) is 24.3 Å². The van der Waals surface area contributed by atoms with Crippen LogP contribution in [0, 0.1) is 26.2 Å². The summed E-state index contributed by atoms with van der Waals surface area (Å²) < 4.78 is 7.49. The zero-order valence-electron chi connectivity index (χ0n) is 26.3. The van der Waals surface area contributed by atoms with Gasteiger partial charge in [0.2, 0.25) is 11.8 Å². The number of aryl methyl sites for hydroxylation is 3. The molecule has 0 saturated heterocycles. The zero-order valence-corrected chi connectivity index (χ0v) is 28.0. The molecule has 2 amide bonds. The normalized spacial score (nSPS) is 14.4. The molecule has 9 nitrogen and oxygen atoms in total. The van der Waals surface area contributed by atoms with E-state index < -0.39 is 5.41 Å². The van der Waals surface area contributed by atoms with Gasteiger partial charge >= 0.3 is 0 Å². The molecule has 5 rings (SSSR count).